The van der Waals surface area contributed by atoms with E-state index in [1.807, 2.05) is 6.07 Å². The first-order valence-electron chi connectivity index (χ1n) is 6.84. The molecule has 2 aromatic rings. The summed E-state index contributed by atoms with van der Waals surface area (Å²) >= 11 is 1.75. The van der Waals surface area contributed by atoms with Crippen molar-refractivity contribution in [2.24, 2.45) is 5.10 Å². The van der Waals surface area contributed by atoms with Gasteiger partial charge in [0, 0.05) is 12.0 Å². The summed E-state index contributed by atoms with van der Waals surface area (Å²) in [6, 6.07) is 12.8. The van der Waals surface area contributed by atoms with Crippen molar-refractivity contribution >= 4 is 17.0 Å². The van der Waals surface area contributed by atoms with Gasteiger partial charge in [0.1, 0.15) is 5.75 Å². The summed E-state index contributed by atoms with van der Waals surface area (Å²) in [7, 11) is 0. The summed E-state index contributed by atoms with van der Waals surface area (Å²) in [5, 5.41) is 9.06. The molecule has 0 amide bonds. The Labute approximate surface area is 122 Å². The molecule has 2 aliphatic heterocycles. The quantitative estimate of drug-likeness (QED) is 0.790. The maximum atomic E-state index is 6.12. The largest absolute Gasteiger partial charge is 0.467 e. The number of benzene rings is 1. The second-order valence-electron chi connectivity index (χ2n) is 5.68. The number of para-hydroxylation sites is 1. The van der Waals surface area contributed by atoms with Gasteiger partial charge in [-0.25, -0.2) is 5.01 Å². The molecule has 4 heteroatoms. The molecular weight excluding hydrogens is 268 g/mol. The van der Waals surface area contributed by atoms with Gasteiger partial charge in [0.2, 0.25) is 0 Å². The van der Waals surface area contributed by atoms with Crippen LogP contribution in [-0.2, 0) is 0 Å². The van der Waals surface area contributed by atoms with E-state index in [2.05, 4.69) is 54.6 Å². The molecular formula is C16H16N2OS. The van der Waals surface area contributed by atoms with Gasteiger partial charge in [0.15, 0.2) is 5.72 Å². The third-order valence-corrected chi connectivity index (χ3v) is 4.82. The molecule has 0 aliphatic carbocycles. The highest BCUT2D eigenvalue weighted by Gasteiger charge is 2.44. The summed E-state index contributed by atoms with van der Waals surface area (Å²) in [6.45, 7) is 4.16. The second-order valence-corrected chi connectivity index (χ2v) is 6.62. The van der Waals surface area contributed by atoms with Crippen LogP contribution in [-0.4, -0.2) is 16.4 Å². The number of ether oxygens (including phenoxy) is 1. The molecule has 1 aromatic carbocycles. The van der Waals surface area contributed by atoms with Gasteiger partial charge in [-0.2, -0.15) is 5.10 Å². The molecule has 0 unspecified atom stereocenters. The van der Waals surface area contributed by atoms with Crippen LogP contribution in [0.4, 0.5) is 0 Å². The highest BCUT2D eigenvalue weighted by atomic mass is 32.1. The minimum atomic E-state index is -0.405. The predicted molar refractivity (Wildman–Crippen MR) is 81.2 cm³/mol. The number of hydrogen-bond donors (Lipinski definition) is 0. The highest BCUT2D eigenvalue weighted by molar-refractivity contribution is 7.12. The van der Waals surface area contributed by atoms with Crippen LogP contribution in [0.3, 0.4) is 0 Å². The van der Waals surface area contributed by atoms with Crippen molar-refractivity contribution in [1.29, 1.82) is 0 Å². The maximum Gasteiger partial charge on any atom is 0.192 e. The Morgan fingerprint density at radius 3 is 2.90 bits per heavy atom. The van der Waals surface area contributed by atoms with Crippen LogP contribution in [0.2, 0.25) is 0 Å². The summed E-state index contributed by atoms with van der Waals surface area (Å²) in [5.74, 6) is 0.987. The summed E-state index contributed by atoms with van der Waals surface area (Å²) in [5.41, 5.74) is 2.00. The lowest BCUT2D eigenvalue weighted by Crippen LogP contribution is -2.48. The molecule has 0 saturated carbocycles. The van der Waals surface area contributed by atoms with E-state index in [4.69, 9.17) is 9.84 Å². The van der Waals surface area contributed by atoms with E-state index in [9.17, 15) is 0 Å². The lowest BCUT2D eigenvalue weighted by Gasteiger charge is -2.43. The number of thiophene rings is 1. The van der Waals surface area contributed by atoms with Gasteiger partial charge in [-0.3, -0.25) is 0 Å². The Hall–Kier alpha value is -1.81. The lowest BCUT2D eigenvalue weighted by molar-refractivity contribution is -0.0911. The fourth-order valence-electron chi connectivity index (χ4n) is 3.00. The molecule has 3 nitrogen and oxygen atoms in total. The molecule has 0 saturated heterocycles. The van der Waals surface area contributed by atoms with Gasteiger partial charge in [0.05, 0.1) is 16.6 Å². The van der Waals surface area contributed by atoms with Gasteiger partial charge in [-0.15, -0.1) is 11.3 Å². The first-order valence-corrected chi connectivity index (χ1v) is 7.72. The maximum absolute atomic E-state index is 6.12. The Balaban J connectivity index is 1.80. The van der Waals surface area contributed by atoms with Crippen molar-refractivity contribution in [3.8, 4) is 5.75 Å². The smallest absolute Gasteiger partial charge is 0.192 e. The van der Waals surface area contributed by atoms with E-state index in [1.165, 1.54) is 16.2 Å². The molecule has 1 aromatic heterocycles. The van der Waals surface area contributed by atoms with Crippen LogP contribution in [0.15, 0.2) is 46.9 Å². The third kappa shape index (κ3) is 1.68. The fourth-order valence-corrected chi connectivity index (χ4v) is 3.73. The number of nitrogens with zero attached hydrogens (tertiary/aromatic N) is 2. The SMILES string of the molecule is CC1(C)Oc2ccccc2[C@H]2CC(c3cccs3)=NN21. The van der Waals surface area contributed by atoms with E-state index >= 15 is 0 Å². The Kier molecular flexibility index (Phi) is 2.45. The van der Waals surface area contributed by atoms with Crippen molar-refractivity contribution in [1.82, 2.24) is 5.01 Å². The van der Waals surface area contributed by atoms with Crippen LogP contribution in [0, 0.1) is 0 Å². The van der Waals surface area contributed by atoms with Crippen molar-refractivity contribution in [3.63, 3.8) is 0 Å². The molecule has 20 heavy (non-hydrogen) atoms. The molecule has 4 rings (SSSR count). The van der Waals surface area contributed by atoms with E-state index in [1.54, 1.807) is 11.3 Å². The van der Waals surface area contributed by atoms with Crippen molar-refractivity contribution in [3.05, 3.63) is 52.2 Å². The highest BCUT2D eigenvalue weighted by Crippen LogP contribution is 2.46. The first kappa shape index (κ1) is 12.0. The molecule has 2 aliphatic rings. The normalized spacial score (nSPS) is 22.8. The first-order chi connectivity index (χ1) is 9.65. The molecule has 0 spiro atoms. The number of hydrogen-bond acceptors (Lipinski definition) is 4. The molecule has 0 fully saturated rings. The minimum Gasteiger partial charge on any atom is -0.467 e. The molecule has 0 bridgehead atoms. The zero-order chi connectivity index (χ0) is 13.7. The van der Waals surface area contributed by atoms with Crippen LogP contribution in [0.1, 0.15) is 36.8 Å². The predicted octanol–water partition coefficient (Wildman–Crippen LogP) is 4.03. The summed E-state index contributed by atoms with van der Waals surface area (Å²) < 4.78 is 6.12. The Bertz CT molecular complexity index is 676. The van der Waals surface area contributed by atoms with E-state index in [0.717, 1.165) is 12.2 Å². The lowest BCUT2D eigenvalue weighted by atomic mass is 9.97. The van der Waals surface area contributed by atoms with Crippen molar-refractivity contribution in [2.45, 2.75) is 32.0 Å². The third-order valence-electron chi connectivity index (χ3n) is 3.91. The molecule has 1 atom stereocenters. The van der Waals surface area contributed by atoms with Gasteiger partial charge in [0.25, 0.3) is 0 Å². The summed E-state index contributed by atoms with van der Waals surface area (Å²) in [6.07, 6.45) is 0.949. The van der Waals surface area contributed by atoms with Crippen molar-refractivity contribution < 1.29 is 4.74 Å². The van der Waals surface area contributed by atoms with E-state index in [0.29, 0.717) is 0 Å². The second kappa shape index (κ2) is 4.09. The van der Waals surface area contributed by atoms with E-state index < -0.39 is 5.72 Å². The standard InChI is InChI=1S/C16H16N2OS/c1-16(2)18-13(11-6-3-4-7-14(11)19-16)10-12(17-18)15-8-5-9-20-15/h3-9,13H,10H2,1-2H3/t13-/m1/s1. The van der Waals surface area contributed by atoms with Gasteiger partial charge >= 0.3 is 0 Å². The molecule has 102 valence electrons. The minimum absolute atomic E-state index is 0.284. The fraction of sp³-hybridized carbons (Fsp3) is 0.312. The van der Waals surface area contributed by atoms with Crippen LogP contribution in [0.5, 0.6) is 5.75 Å². The molecule has 0 radical (unpaired) electrons. The number of fused-ring (bicyclic) bond motifs is 3. The van der Waals surface area contributed by atoms with Gasteiger partial charge in [-0.05, 0) is 31.4 Å². The Morgan fingerprint density at radius 2 is 2.10 bits per heavy atom. The zero-order valence-corrected chi connectivity index (χ0v) is 12.4. The van der Waals surface area contributed by atoms with E-state index in [-0.39, 0.29) is 6.04 Å². The van der Waals surface area contributed by atoms with Crippen molar-refractivity contribution in [2.75, 3.05) is 0 Å². The topological polar surface area (TPSA) is 24.8 Å². The van der Waals surface area contributed by atoms with Crippen LogP contribution in [0.25, 0.3) is 0 Å². The average Bonchev–Trinajstić information content (AvgIpc) is 3.08. The Morgan fingerprint density at radius 1 is 1.25 bits per heavy atom. The molecule has 0 N–H and O–H groups in total. The van der Waals surface area contributed by atoms with Gasteiger partial charge < -0.3 is 4.74 Å². The average molecular weight is 284 g/mol. The molecule has 3 heterocycles. The number of hydrazone groups is 1. The van der Waals surface area contributed by atoms with Gasteiger partial charge in [-0.1, -0.05) is 24.3 Å². The van der Waals surface area contributed by atoms with Crippen LogP contribution >= 0.6 is 11.3 Å². The summed E-state index contributed by atoms with van der Waals surface area (Å²) in [4.78, 5) is 1.26. The monoisotopic (exact) mass is 284 g/mol. The zero-order valence-electron chi connectivity index (χ0n) is 11.5. The van der Waals surface area contributed by atoms with Crippen LogP contribution < -0.4 is 4.74 Å². The number of rotatable bonds is 1.